The molecule has 0 radical (unpaired) electrons. The van der Waals surface area contributed by atoms with E-state index in [0.717, 1.165) is 63.5 Å². The van der Waals surface area contributed by atoms with Gasteiger partial charge in [-0.15, -0.1) is 0 Å². The summed E-state index contributed by atoms with van der Waals surface area (Å²) in [4.78, 5) is 52.5. The second kappa shape index (κ2) is 13.9. The molecule has 14 heteroatoms. The number of carbonyl (C=O) groups excluding carboxylic acids is 4. The Bertz CT molecular complexity index is 1450. The smallest absolute Gasteiger partial charge is 0.423 e. The predicted octanol–water partition coefficient (Wildman–Crippen LogP) is 9.30. The Kier molecular flexibility index (Phi) is 10.2. The van der Waals surface area contributed by atoms with Gasteiger partial charge in [0.2, 0.25) is 0 Å². The van der Waals surface area contributed by atoms with Gasteiger partial charge in [-0.3, -0.25) is 0 Å². The second-order valence-corrected chi connectivity index (χ2v) is 14.8. The number of hydrogen-bond donors (Lipinski definition) is 0. The van der Waals surface area contributed by atoms with Crippen molar-refractivity contribution in [3.63, 3.8) is 0 Å². The average Bonchev–Trinajstić information content (AvgIpc) is 3.83. The lowest BCUT2D eigenvalue weighted by atomic mass is 9.99. The molecule has 4 aliphatic carbocycles. The van der Waals surface area contributed by atoms with E-state index in [1.54, 1.807) is 0 Å². The van der Waals surface area contributed by atoms with Gasteiger partial charge in [0.05, 0.1) is 43.3 Å². The van der Waals surface area contributed by atoms with E-state index < -0.39 is 46.5 Å². The van der Waals surface area contributed by atoms with Crippen LogP contribution in [0, 0.1) is 35.5 Å². The van der Waals surface area contributed by atoms with Gasteiger partial charge < -0.3 is 18.9 Å². The maximum absolute atomic E-state index is 13.2. The molecule has 0 bridgehead atoms. The van der Waals surface area contributed by atoms with E-state index in [2.05, 4.69) is 0 Å². The first-order chi connectivity index (χ1) is 21.9. The van der Waals surface area contributed by atoms with E-state index in [-0.39, 0.29) is 55.2 Å². The molecule has 46 heavy (non-hydrogen) atoms. The van der Waals surface area contributed by atoms with Crippen molar-refractivity contribution < 1.29 is 38.1 Å². The standard InChI is InChI=1S/C32H28Cl6O8/c33-19-9-21(35)27(23(25(19)37)29(39)43-11-17(13-1-2-13)14-3-4-14)45-31(41)32(42)46-28-22(36)10-20(34)26(38)24(28)30(40)44-12-18(15-5-6-15)16-7-8-16/h9-10,13-18H,1-8,11-12H2. The van der Waals surface area contributed by atoms with E-state index in [4.69, 9.17) is 88.6 Å². The molecule has 0 saturated heterocycles. The molecule has 0 amide bonds. The van der Waals surface area contributed by atoms with Gasteiger partial charge in [0.15, 0.2) is 11.5 Å². The van der Waals surface area contributed by atoms with E-state index >= 15 is 0 Å². The number of esters is 4. The zero-order valence-corrected chi connectivity index (χ0v) is 28.8. The minimum absolute atomic E-state index is 0.0988. The van der Waals surface area contributed by atoms with Crippen LogP contribution in [0.3, 0.4) is 0 Å². The van der Waals surface area contributed by atoms with Crippen LogP contribution in [0.1, 0.15) is 72.1 Å². The third kappa shape index (κ3) is 7.68. The molecule has 6 rings (SSSR count). The normalized spacial score (nSPS) is 17.7. The highest BCUT2D eigenvalue weighted by Gasteiger charge is 2.43. The molecule has 0 atom stereocenters. The second-order valence-electron chi connectivity index (χ2n) is 12.4. The largest absolute Gasteiger partial charge is 0.462 e. The van der Waals surface area contributed by atoms with Crippen LogP contribution in [0.5, 0.6) is 11.5 Å². The van der Waals surface area contributed by atoms with Crippen LogP contribution < -0.4 is 9.47 Å². The number of rotatable bonds is 12. The van der Waals surface area contributed by atoms with Crippen molar-refractivity contribution in [3.8, 4) is 11.5 Å². The van der Waals surface area contributed by atoms with Gasteiger partial charge in [-0.1, -0.05) is 69.6 Å². The van der Waals surface area contributed by atoms with Crippen LogP contribution in [-0.4, -0.2) is 37.1 Å². The van der Waals surface area contributed by atoms with Crippen LogP contribution in [0.25, 0.3) is 0 Å². The Balaban J connectivity index is 1.18. The van der Waals surface area contributed by atoms with Crippen LogP contribution in [0.15, 0.2) is 12.1 Å². The number of hydrogen-bond acceptors (Lipinski definition) is 8. The maximum Gasteiger partial charge on any atom is 0.423 e. The van der Waals surface area contributed by atoms with Gasteiger partial charge >= 0.3 is 23.9 Å². The summed E-state index contributed by atoms with van der Waals surface area (Å²) in [6, 6.07) is 2.29. The topological polar surface area (TPSA) is 105 Å². The molecule has 0 aliphatic heterocycles. The molecule has 246 valence electrons. The van der Waals surface area contributed by atoms with E-state index in [9.17, 15) is 19.2 Å². The molecule has 4 aliphatic rings. The van der Waals surface area contributed by atoms with Crippen LogP contribution in [0.2, 0.25) is 30.1 Å². The summed E-state index contributed by atoms with van der Waals surface area (Å²) < 4.78 is 21.6. The van der Waals surface area contributed by atoms with Gasteiger partial charge in [-0.05, 0) is 99.0 Å². The minimum Gasteiger partial charge on any atom is -0.462 e. The first-order valence-electron chi connectivity index (χ1n) is 15.1. The highest BCUT2D eigenvalue weighted by atomic mass is 35.5. The first kappa shape index (κ1) is 33.9. The SMILES string of the molecule is O=C(Oc1c(Cl)cc(Cl)c(Cl)c1C(=O)OCC(C1CC1)C1CC1)C(=O)Oc1c(Cl)cc(Cl)c(Cl)c1C(=O)OCC(C1CC1)C1CC1. The molecular weight excluding hydrogens is 725 g/mol. The molecule has 0 heterocycles. The van der Waals surface area contributed by atoms with Crippen molar-refractivity contribution in [2.24, 2.45) is 35.5 Å². The van der Waals surface area contributed by atoms with Gasteiger partial charge in [-0.25, -0.2) is 19.2 Å². The monoisotopic (exact) mass is 750 g/mol. The van der Waals surface area contributed by atoms with Gasteiger partial charge in [0.1, 0.15) is 11.1 Å². The molecule has 2 aromatic rings. The van der Waals surface area contributed by atoms with Crippen molar-refractivity contribution in [2.75, 3.05) is 13.2 Å². The fraction of sp³-hybridized carbons (Fsp3) is 0.500. The maximum atomic E-state index is 13.2. The van der Waals surface area contributed by atoms with Crippen molar-refractivity contribution >= 4 is 93.5 Å². The lowest BCUT2D eigenvalue weighted by molar-refractivity contribution is -0.156. The van der Waals surface area contributed by atoms with Crippen molar-refractivity contribution in [2.45, 2.75) is 51.4 Å². The Morgan fingerprint density at radius 3 is 1.13 bits per heavy atom. The minimum atomic E-state index is -1.62. The Hall–Kier alpha value is -1.94. The zero-order valence-electron chi connectivity index (χ0n) is 24.2. The zero-order chi connectivity index (χ0) is 32.9. The van der Waals surface area contributed by atoms with E-state index in [1.807, 2.05) is 0 Å². The third-order valence-electron chi connectivity index (χ3n) is 8.94. The van der Waals surface area contributed by atoms with Crippen molar-refractivity contribution in [1.29, 1.82) is 0 Å². The summed E-state index contributed by atoms with van der Waals surface area (Å²) in [5.74, 6) is -3.75. The summed E-state index contributed by atoms with van der Waals surface area (Å²) >= 11 is 37.6. The van der Waals surface area contributed by atoms with Gasteiger partial charge in [0, 0.05) is 0 Å². The van der Waals surface area contributed by atoms with Crippen LogP contribution >= 0.6 is 69.6 Å². The fourth-order valence-electron chi connectivity index (χ4n) is 5.89. The molecule has 0 N–H and O–H groups in total. The van der Waals surface area contributed by atoms with Gasteiger partial charge in [-0.2, -0.15) is 0 Å². The molecule has 0 unspecified atom stereocenters. The summed E-state index contributed by atoms with van der Waals surface area (Å²) in [6.45, 7) is 0.307. The highest BCUT2D eigenvalue weighted by molar-refractivity contribution is 6.47. The third-order valence-corrected chi connectivity index (χ3v) is 11.1. The predicted molar refractivity (Wildman–Crippen MR) is 173 cm³/mol. The molecular formula is C32H28Cl6O8. The van der Waals surface area contributed by atoms with Crippen molar-refractivity contribution in [1.82, 2.24) is 0 Å². The number of carbonyl (C=O) groups is 4. The summed E-state index contributed by atoms with van der Waals surface area (Å²) in [6.07, 6.45) is 8.64. The van der Waals surface area contributed by atoms with Crippen molar-refractivity contribution in [3.05, 3.63) is 53.4 Å². The Morgan fingerprint density at radius 1 is 0.543 bits per heavy atom. The Morgan fingerprint density at radius 2 is 0.848 bits per heavy atom. The average molecular weight is 753 g/mol. The fourth-order valence-corrected chi connectivity index (χ4v) is 7.33. The lowest BCUT2D eigenvalue weighted by Crippen LogP contribution is -2.28. The number of benzene rings is 2. The molecule has 2 aromatic carbocycles. The summed E-state index contributed by atoms with van der Waals surface area (Å²) in [5.41, 5.74) is -0.855. The quantitative estimate of drug-likeness (QED) is 0.0915. The summed E-state index contributed by atoms with van der Waals surface area (Å²) in [7, 11) is 0. The molecule has 4 fully saturated rings. The number of ether oxygens (including phenoxy) is 4. The molecule has 0 aromatic heterocycles. The molecule has 8 nitrogen and oxygen atoms in total. The molecule has 4 saturated carbocycles. The van der Waals surface area contributed by atoms with Crippen LogP contribution in [-0.2, 0) is 19.1 Å². The van der Waals surface area contributed by atoms with E-state index in [1.165, 1.54) is 0 Å². The molecule has 0 spiro atoms. The van der Waals surface area contributed by atoms with Crippen LogP contribution in [0.4, 0.5) is 0 Å². The van der Waals surface area contributed by atoms with E-state index in [0.29, 0.717) is 23.7 Å². The Labute approximate surface area is 295 Å². The highest BCUT2D eigenvalue weighted by Crippen LogP contribution is 2.51. The number of halogens is 6. The summed E-state index contributed by atoms with van der Waals surface area (Å²) in [5, 5.41) is -1.34. The van der Waals surface area contributed by atoms with Gasteiger partial charge in [0.25, 0.3) is 0 Å². The lowest BCUT2D eigenvalue weighted by Gasteiger charge is -2.18. The first-order valence-corrected chi connectivity index (χ1v) is 17.3.